The Balaban J connectivity index is 1.45. The Morgan fingerprint density at radius 2 is 1.83 bits per heavy atom. The molecule has 1 aliphatic rings. The van der Waals surface area contributed by atoms with Gasteiger partial charge in [-0.05, 0) is 42.0 Å². The number of hydrogen-bond donors (Lipinski definition) is 3. The highest BCUT2D eigenvalue weighted by atomic mass is 16.5. The Bertz CT molecular complexity index is 1060. The van der Waals surface area contributed by atoms with E-state index in [4.69, 9.17) is 5.21 Å². The molecule has 0 unspecified atom stereocenters. The predicted molar refractivity (Wildman–Crippen MR) is 112 cm³/mol. The summed E-state index contributed by atoms with van der Waals surface area (Å²) in [6, 6.07) is 15.4. The van der Waals surface area contributed by atoms with Crippen molar-refractivity contribution in [1.29, 1.82) is 0 Å². The molecule has 3 aromatic rings. The number of carbonyl (C=O) groups excluding carboxylic acids is 2. The number of nitrogens with one attached hydrogen (secondary N) is 2. The van der Waals surface area contributed by atoms with Gasteiger partial charge in [-0.25, -0.2) is 5.48 Å². The van der Waals surface area contributed by atoms with Crippen molar-refractivity contribution in [3.63, 3.8) is 0 Å². The van der Waals surface area contributed by atoms with Gasteiger partial charge in [-0.1, -0.05) is 18.2 Å². The van der Waals surface area contributed by atoms with Crippen molar-refractivity contribution in [2.45, 2.75) is 0 Å². The predicted octanol–water partition coefficient (Wildman–Crippen LogP) is 2.65. The minimum atomic E-state index is -0.574. The molecular formula is C22H22N4O3. The molecule has 0 aliphatic carbocycles. The van der Waals surface area contributed by atoms with Crippen LogP contribution >= 0.6 is 0 Å². The van der Waals surface area contributed by atoms with Crippen molar-refractivity contribution in [3.8, 4) is 0 Å². The summed E-state index contributed by atoms with van der Waals surface area (Å²) in [5.74, 6) is -0.532. The second-order valence-corrected chi connectivity index (χ2v) is 6.93. The molecular weight excluding hydrogens is 368 g/mol. The van der Waals surface area contributed by atoms with Crippen LogP contribution in [0, 0.1) is 0 Å². The Morgan fingerprint density at radius 3 is 2.62 bits per heavy atom. The number of hydrogen-bond acceptors (Lipinski definition) is 4. The zero-order valence-electron chi connectivity index (χ0n) is 15.8. The zero-order chi connectivity index (χ0) is 20.2. The van der Waals surface area contributed by atoms with E-state index in [1.165, 1.54) is 6.08 Å². The van der Waals surface area contributed by atoms with E-state index in [2.05, 4.69) is 9.88 Å². The van der Waals surface area contributed by atoms with Gasteiger partial charge in [0.1, 0.15) is 0 Å². The van der Waals surface area contributed by atoms with Crippen LogP contribution in [-0.4, -0.2) is 53.1 Å². The quantitative estimate of drug-likeness (QED) is 0.363. The lowest BCUT2D eigenvalue weighted by Crippen LogP contribution is -2.49. The van der Waals surface area contributed by atoms with Crippen LogP contribution in [0.4, 0.5) is 5.69 Å². The lowest BCUT2D eigenvalue weighted by Gasteiger charge is -2.36. The Hall–Kier alpha value is -3.58. The van der Waals surface area contributed by atoms with Gasteiger partial charge in [-0.15, -0.1) is 0 Å². The van der Waals surface area contributed by atoms with E-state index < -0.39 is 5.91 Å². The van der Waals surface area contributed by atoms with Gasteiger partial charge < -0.3 is 14.8 Å². The van der Waals surface area contributed by atoms with Crippen LogP contribution in [0.15, 0.2) is 60.8 Å². The maximum Gasteiger partial charge on any atom is 0.267 e. The number of fused-ring (bicyclic) bond motifs is 1. The van der Waals surface area contributed by atoms with Gasteiger partial charge in [0.25, 0.3) is 11.8 Å². The number of hydroxylamine groups is 1. The van der Waals surface area contributed by atoms with Gasteiger partial charge in [-0.3, -0.25) is 14.8 Å². The van der Waals surface area contributed by atoms with Crippen LogP contribution in [0.2, 0.25) is 0 Å². The number of piperazine rings is 1. The minimum absolute atomic E-state index is 0.0422. The summed E-state index contributed by atoms with van der Waals surface area (Å²) >= 11 is 0. The van der Waals surface area contributed by atoms with Crippen LogP contribution in [0.1, 0.15) is 15.9 Å². The van der Waals surface area contributed by atoms with Crippen LogP contribution in [0.5, 0.6) is 0 Å². The summed E-state index contributed by atoms with van der Waals surface area (Å²) in [6.45, 7) is 2.66. The summed E-state index contributed by atoms with van der Waals surface area (Å²) in [4.78, 5) is 31.4. The molecule has 0 atom stereocenters. The first-order valence-electron chi connectivity index (χ1n) is 9.48. The number of carbonyl (C=O) groups is 2. The second-order valence-electron chi connectivity index (χ2n) is 6.93. The highest BCUT2D eigenvalue weighted by molar-refractivity contribution is 5.98. The summed E-state index contributed by atoms with van der Waals surface area (Å²) in [7, 11) is 0. The topological polar surface area (TPSA) is 88.7 Å². The van der Waals surface area contributed by atoms with E-state index in [1.807, 2.05) is 59.6 Å². The Kier molecular flexibility index (Phi) is 5.31. The van der Waals surface area contributed by atoms with Crippen molar-refractivity contribution in [1.82, 2.24) is 15.4 Å². The third-order valence-corrected chi connectivity index (χ3v) is 5.17. The SMILES string of the molecule is O=C(/C=C/c1ccccc1N1CCN(C(=O)c2ccc3[nH]ccc3c2)CC1)NO. The van der Waals surface area contributed by atoms with Crippen molar-refractivity contribution in [2.24, 2.45) is 0 Å². The molecule has 0 saturated carbocycles. The van der Waals surface area contributed by atoms with Crippen molar-refractivity contribution in [2.75, 3.05) is 31.1 Å². The van der Waals surface area contributed by atoms with E-state index in [-0.39, 0.29) is 5.91 Å². The molecule has 7 nitrogen and oxygen atoms in total. The summed E-state index contributed by atoms with van der Waals surface area (Å²) < 4.78 is 0. The van der Waals surface area contributed by atoms with E-state index in [0.717, 1.165) is 22.2 Å². The first kappa shape index (κ1) is 18.8. The lowest BCUT2D eigenvalue weighted by molar-refractivity contribution is -0.124. The maximum absolute atomic E-state index is 12.9. The van der Waals surface area contributed by atoms with E-state index in [9.17, 15) is 9.59 Å². The normalized spacial score (nSPS) is 14.5. The number of para-hydroxylation sites is 1. The van der Waals surface area contributed by atoms with Gasteiger partial charge >= 0.3 is 0 Å². The fourth-order valence-electron chi connectivity index (χ4n) is 3.64. The molecule has 1 aliphatic heterocycles. The molecule has 29 heavy (non-hydrogen) atoms. The fraction of sp³-hybridized carbons (Fsp3) is 0.182. The number of amides is 2. The van der Waals surface area contributed by atoms with E-state index in [1.54, 1.807) is 11.6 Å². The number of H-pyrrole nitrogens is 1. The molecule has 1 fully saturated rings. The highest BCUT2D eigenvalue weighted by Crippen LogP contribution is 2.24. The summed E-state index contributed by atoms with van der Waals surface area (Å²) in [6.07, 6.45) is 4.83. The molecule has 0 spiro atoms. The lowest BCUT2D eigenvalue weighted by atomic mass is 10.1. The van der Waals surface area contributed by atoms with E-state index >= 15 is 0 Å². The molecule has 148 valence electrons. The van der Waals surface area contributed by atoms with Gasteiger partial charge in [0, 0.05) is 60.6 Å². The van der Waals surface area contributed by atoms with Gasteiger partial charge in [-0.2, -0.15) is 0 Å². The third-order valence-electron chi connectivity index (χ3n) is 5.17. The fourth-order valence-corrected chi connectivity index (χ4v) is 3.64. The molecule has 2 heterocycles. The van der Waals surface area contributed by atoms with Crippen molar-refractivity contribution < 1.29 is 14.8 Å². The molecule has 3 N–H and O–H groups in total. The average molecular weight is 390 g/mol. The standard InChI is InChI=1S/C22H22N4O3/c27-21(24-29)8-6-16-3-1-2-4-20(16)25-11-13-26(14-12-25)22(28)18-5-7-19-17(15-18)9-10-23-19/h1-10,15,23,29H,11-14H2,(H,24,27)/b8-6+. The maximum atomic E-state index is 12.9. The van der Waals surface area contributed by atoms with Crippen LogP contribution in [0.3, 0.4) is 0 Å². The van der Waals surface area contributed by atoms with Gasteiger partial charge in [0.05, 0.1) is 0 Å². The first-order valence-corrected chi connectivity index (χ1v) is 9.48. The molecule has 0 bridgehead atoms. The number of benzene rings is 2. The Labute approximate surface area is 168 Å². The molecule has 2 aromatic carbocycles. The van der Waals surface area contributed by atoms with E-state index in [0.29, 0.717) is 31.7 Å². The molecule has 7 heteroatoms. The first-order chi connectivity index (χ1) is 14.2. The number of aromatic amines is 1. The third kappa shape index (κ3) is 4.00. The van der Waals surface area contributed by atoms with Gasteiger partial charge in [0.2, 0.25) is 0 Å². The molecule has 2 amide bonds. The number of rotatable bonds is 4. The number of nitrogens with zero attached hydrogens (tertiary/aromatic N) is 2. The summed E-state index contributed by atoms with van der Waals surface area (Å²) in [5, 5.41) is 9.68. The highest BCUT2D eigenvalue weighted by Gasteiger charge is 2.23. The monoisotopic (exact) mass is 390 g/mol. The average Bonchev–Trinajstić information content (AvgIpc) is 3.25. The smallest absolute Gasteiger partial charge is 0.267 e. The van der Waals surface area contributed by atoms with Crippen molar-refractivity contribution in [3.05, 3.63) is 71.9 Å². The largest absolute Gasteiger partial charge is 0.367 e. The van der Waals surface area contributed by atoms with Crippen LogP contribution in [-0.2, 0) is 4.79 Å². The van der Waals surface area contributed by atoms with Crippen molar-refractivity contribution >= 4 is 34.5 Å². The summed E-state index contributed by atoms with van der Waals surface area (Å²) in [5.41, 5.74) is 5.19. The number of anilines is 1. The van der Waals surface area contributed by atoms with Crippen LogP contribution in [0.25, 0.3) is 17.0 Å². The van der Waals surface area contributed by atoms with Gasteiger partial charge in [0.15, 0.2) is 0 Å². The zero-order valence-corrected chi connectivity index (χ0v) is 15.8. The molecule has 1 aromatic heterocycles. The number of aromatic nitrogens is 1. The second kappa shape index (κ2) is 8.20. The minimum Gasteiger partial charge on any atom is -0.367 e. The molecule has 0 radical (unpaired) electrons. The van der Waals surface area contributed by atoms with Crippen LogP contribution < -0.4 is 10.4 Å². The molecule has 1 saturated heterocycles. The Morgan fingerprint density at radius 1 is 1.03 bits per heavy atom. The molecule has 4 rings (SSSR count).